The lowest BCUT2D eigenvalue weighted by Gasteiger charge is -2.06. The van der Waals surface area contributed by atoms with E-state index in [0.29, 0.717) is 17.5 Å². The minimum Gasteiger partial charge on any atom is -0.470 e. The second-order valence-electron chi connectivity index (χ2n) is 2.76. The Kier molecular flexibility index (Phi) is 4.34. The van der Waals surface area contributed by atoms with E-state index in [1.54, 1.807) is 5.38 Å². The van der Waals surface area contributed by atoms with Gasteiger partial charge in [0.1, 0.15) is 0 Å². The van der Waals surface area contributed by atoms with Crippen LogP contribution in [-0.4, -0.2) is 24.3 Å². The van der Waals surface area contributed by atoms with Crippen LogP contribution in [0.15, 0.2) is 5.38 Å². The maximum absolute atomic E-state index is 11.8. The summed E-state index contributed by atoms with van der Waals surface area (Å²) in [6.45, 7) is 1.42. The van der Waals surface area contributed by atoms with Gasteiger partial charge in [0.15, 0.2) is 0 Å². The van der Waals surface area contributed by atoms with Crippen LogP contribution >= 0.6 is 11.3 Å². The second-order valence-corrected chi connectivity index (χ2v) is 3.58. The van der Waals surface area contributed by atoms with E-state index >= 15 is 0 Å². The van der Waals surface area contributed by atoms with Crippen molar-refractivity contribution >= 4 is 11.3 Å². The van der Waals surface area contributed by atoms with Gasteiger partial charge >= 0.3 is 6.18 Å². The molecule has 0 aliphatic heterocycles. The van der Waals surface area contributed by atoms with Crippen LogP contribution in [0.4, 0.5) is 13.2 Å². The Balaban J connectivity index is 2.31. The molecular weight excluding hydrogens is 229 g/mol. The summed E-state index contributed by atoms with van der Waals surface area (Å²) in [6.07, 6.45) is -4.18. The summed E-state index contributed by atoms with van der Waals surface area (Å²) in [5.41, 5.74) is 0.563. The average molecular weight is 240 g/mol. The van der Waals surface area contributed by atoms with E-state index < -0.39 is 12.7 Å². The summed E-state index contributed by atoms with van der Waals surface area (Å²) < 4.78 is 40.4. The zero-order valence-corrected chi connectivity index (χ0v) is 8.91. The maximum atomic E-state index is 11.8. The second kappa shape index (κ2) is 5.32. The molecule has 15 heavy (non-hydrogen) atoms. The molecule has 0 saturated carbocycles. The van der Waals surface area contributed by atoms with Crippen LogP contribution in [0.2, 0.25) is 0 Å². The standard InChI is InChI=1S/C8H11F3N2OS/c1-2-14-7-13-6(4-15-7)3-12-5-8(9,10)11/h4,12H,2-3,5H2,1H3. The number of thiazole rings is 1. The first-order valence-electron chi connectivity index (χ1n) is 4.36. The van der Waals surface area contributed by atoms with Crippen LogP contribution in [0, 0.1) is 0 Å². The molecule has 3 nitrogen and oxygen atoms in total. The molecule has 0 saturated heterocycles. The molecule has 1 aromatic rings. The first kappa shape index (κ1) is 12.3. The van der Waals surface area contributed by atoms with Crippen molar-refractivity contribution in [2.24, 2.45) is 0 Å². The lowest BCUT2D eigenvalue weighted by Crippen LogP contribution is -2.28. The zero-order chi connectivity index (χ0) is 11.3. The van der Waals surface area contributed by atoms with Gasteiger partial charge in [-0.3, -0.25) is 0 Å². The summed E-state index contributed by atoms with van der Waals surface area (Å²) in [4.78, 5) is 3.99. The average Bonchev–Trinajstić information content (AvgIpc) is 2.51. The zero-order valence-electron chi connectivity index (χ0n) is 8.10. The fraction of sp³-hybridized carbons (Fsp3) is 0.625. The van der Waals surface area contributed by atoms with Crippen molar-refractivity contribution in [3.05, 3.63) is 11.1 Å². The highest BCUT2D eigenvalue weighted by molar-refractivity contribution is 7.11. The quantitative estimate of drug-likeness (QED) is 0.856. The van der Waals surface area contributed by atoms with Crippen LogP contribution in [-0.2, 0) is 6.54 Å². The van der Waals surface area contributed by atoms with Gasteiger partial charge in [-0.25, -0.2) is 4.98 Å². The molecule has 86 valence electrons. The Hall–Kier alpha value is -0.820. The van der Waals surface area contributed by atoms with Gasteiger partial charge in [-0.15, -0.1) is 0 Å². The summed E-state index contributed by atoms with van der Waals surface area (Å²) in [7, 11) is 0. The Morgan fingerprint density at radius 2 is 2.27 bits per heavy atom. The summed E-state index contributed by atoms with van der Waals surface area (Å²) >= 11 is 1.28. The molecule has 0 aromatic carbocycles. The number of nitrogens with zero attached hydrogens (tertiary/aromatic N) is 1. The van der Waals surface area contributed by atoms with Gasteiger partial charge in [-0.2, -0.15) is 13.2 Å². The van der Waals surface area contributed by atoms with Gasteiger partial charge in [-0.05, 0) is 6.92 Å². The van der Waals surface area contributed by atoms with Crippen LogP contribution in [0.25, 0.3) is 0 Å². The van der Waals surface area contributed by atoms with Crippen molar-refractivity contribution in [2.45, 2.75) is 19.6 Å². The van der Waals surface area contributed by atoms with Crippen molar-refractivity contribution in [3.63, 3.8) is 0 Å². The third-order valence-corrected chi connectivity index (χ3v) is 2.23. The Morgan fingerprint density at radius 3 is 2.87 bits per heavy atom. The third-order valence-electron chi connectivity index (χ3n) is 1.43. The van der Waals surface area contributed by atoms with E-state index in [-0.39, 0.29) is 6.54 Å². The lowest BCUT2D eigenvalue weighted by molar-refractivity contribution is -0.125. The van der Waals surface area contributed by atoms with Crippen molar-refractivity contribution in [1.29, 1.82) is 0 Å². The molecule has 1 aromatic heterocycles. The van der Waals surface area contributed by atoms with Crippen LogP contribution < -0.4 is 10.1 Å². The number of nitrogens with one attached hydrogen (secondary N) is 1. The minimum atomic E-state index is -4.18. The fourth-order valence-electron chi connectivity index (χ4n) is 0.892. The number of halogens is 3. The van der Waals surface area contributed by atoms with E-state index in [4.69, 9.17) is 4.74 Å². The first-order chi connectivity index (χ1) is 7.01. The highest BCUT2D eigenvalue weighted by Crippen LogP contribution is 2.18. The number of rotatable bonds is 5. The van der Waals surface area contributed by atoms with E-state index in [1.807, 2.05) is 6.92 Å². The molecule has 0 aliphatic carbocycles. The van der Waals surface area contributed by atoms with E-state index in [2.05, 4.69) is 10.3 Å². The summed E-state index contributed by atoms with van der Waals surface area (Å²) in [6, 6.07) is 0. The summed E-state index contributed by atoms with van der Waals surface area (Å²) in [5, 5.41) is 4.42. The van der Waals surface area contributed by atoms with Crippen molar-refractivity contribution in [3.8, 4) is 5.19 Å². The Labute approximate surface area is 89.3 Å². The van der Waals surface area contributed by atoms with E-state index in [9.17, 15) is 13.2 Å². The van der Waals surface area contributed by atoms with Crippen LogP contribution in [0.1, 0.15) is 12.6 Å². The fourth-order valence-corrected chi connectivity index (χ4v) is 1.62. The van der Waals surface area contributed by atoms with Gasteiger partial charge in [0.05, 0.1) is 18.8 Å². The predicted octanol–water partition coefficient (Wildman–Crippen LogP) is 2.19. The SMILES string of the molecule is CCOc1nc(CNCC(F)(F)F)cs1. The van der Waals surface area contributed by atoms with Crippen molar-refractivity contribution in [2.75, 3.05) is 13.2 Å². The van der Waals surface area contributed by atoms with Gasteiger partial charge < -0.3 is 10.1 Å². The Bertz CT molecular complexity index is 300. The number of hydrogen-bond acceptors (Lipinski definition) is 4. The largest absolute Gasteiger partial charge is 0.470 e. The number of hydrogen-bond donors (Lipinski definition) is 1. The third kappa shape index (κ3) is 4.98. The van der Waals surface area contributed by atoms with Crippen LogP contribution in [0.3, 0.4) is 0 Å². The molecular formula is C8H11F3N2OS. The molecule has 0 bridgehead atoms. The molecule has 0 radical (unpaired) electrons. The minimum absolute atomic E-state index is 0.100. The molecule has 0 atom stereocenters. The molecule has 0 amide bonds. The van der Waals surface area contributed by atoms with Gasteiger partial charge in [0, 0.05) is 11.9 Å². The highest BCUT2D eigenvalue weighted by atomic mass is 32.1. The Morgan fingerprint density at radius 1 is 1.53 bits per heavy atom. The maximum Gasteiger partial charge on any atom is 0.401 e. The number of ether oxygens (including phenoxy) is 1. The van der Waals surface area contributed by atoms with Crippen molar-refractivity contribution < 1.29 is 17.9 Å². The number of alkyl halides is 3. The molecule has 1 N–H and O–H groups in total. The predicted molar refractivity (Wildman–Crippen MR) is 51.0 cm³/mol. The summed E-state index contributed by atoms with van der Waals surface area (Å²) in [5.74, 6) is 0. The molecule has 1 heterocycles. The molecule has 7 heteroatoms. The molecule has 1 rings (SSSR count). The molecule has 0 spiro atoms. The monoisotopic (exact) mass is 240 g/mol. The lowest BCUT2D eigenvalue weighted by atomic mass is 10.5. The van der Waals surface area contributed by atoms with Crippen LogP contribution in [0.5, 0.6) is 5.19 Å². The molecule has 0 fully saturated rings. The van der Waals surface area contributed by atoms with Crippen molar-refractivity contribution in [1.82, 2.24) is 10.3 Å². The van der Waals surface area contributed by atoms with Gasteiger partial charge in [0.2, 0.25) is 0 Å². The normalized spacial score (nSPS) is 11.7. The smallest absolute Gasteiger partial charge is 0.401 e. The van der Waals surface area contributed by atoms with Gasteiger partial charge in [-0.1, -0.05) is 11.3 Å². The number of aromatic nitrogens is 1. The molecule has 0 unspecified atom stereocenters. The van der Waals surface area contributed by atoms with E-state index in [1.165, 1.54) is 11.3 Å². The topological polar surface area (TPSA) is 34.1 Å². The highest BCUT2D eigenvalue weighted by Gasteiger charge is 2.26. The van der Waals surface area contributed by atoms with Gasteiger partial charge in [0.25, 0.3) is 5.19 Å². The molecule has 0 aliphatic rings. The first-order valence-corrected chi connectivity index (χ1v) is 5.24. The van der Waals surface area contributed by atoms with E-state index in [0.717, 1.165) is 0 Å².